The smallest absolute Gasteiger partial charge is 0.0549 e. The molecule has 80 valence electrons. The van der Waals surface area contributed by atoms with Crippen LogP contribution in [0.2, 0.25) is 0 Å². The fourth-order valence-corrected chi connectivity index (χ4v) is 3.38. The van der Waals surface area contributed by atoms with Crippen LogP contribution in [-0.4, -0.2) is 0 Å². The molecule has 0 aliphatic rings. The van der Waals surface area contributed by atoms with Crippen LogP contribution in [0.25, 0.3) is 0 Å². The van der Waals surface area contributed by atoms with E-state index in [9.17, 15) is 0 Å². The van der Waals surface area contributed by atoms with E-state index in [1.807, 2.05) is 0 Å². The Labute approximate surface area is 103 Å². The molecule has 0 amide bonds. The quantitative estimate of drug-likeness (QED) is 0.732. The summed E-state index contributed by atoms with van der Waals surface area (Å²) in [5.74, 6) is 0. The minimum absolute atomic E-state index is 0.612. The first-order valence-electron chi connectivity index (χ1n) is 5.27. The lowest BCUT2D eigenvalue weighted by Gasteiger charge is -1.95. The van der Waals surface area contributed by atoms with E-state index in [4.69, 9.17) is 11.8 Å². The number of rotatable bonds is 2. The highest BCUT2D eigenvalue weighted by atomic mass is 32.4. The molecule has 0 saturated carbocycles. The van der Waals surface area contributed by atoms with Crippen LogP contribution in [0.4, 0.5) is 0 Å². The van der Waals surface area contributed by atoms with Crippen molar-refractivity contribution in [3.63, 3.8) is 0 Å². The van der Waals surface area contributed by atoms with E-state index in [0.29, 0.717) is 0 Å². The summed E-state index contributed by atoms with van der Waals surface area (Å²) in [4.78, 5) is 0. The van der Waals surface area contributed by atoms with Crippen LogP contribution in [0.15, 0.2) is 48.5 Å². The van der Waals surface area contributed by atoms with Gasteiger partial charge in [0, 0.05) is 0 Å². The van der Waals surface area contributed by atoms with Crippen LogP contribution >= 0.6 is 6.70 Å². The Balaban J connectivity index is 2.32. The molecule has 16 heavy (non-hydrogen) atoms. The molecule has 2 aromatic carbocycles. The van der Waals surface area contributed by atoms with Crippen molar-refractivity contribution in [3.8, 4) is 0 Å². The van der Waals surface area contributed by atoms with Crippen molar-refractivity contribution in [3.05, 3.63) is 59.7 Å². The molecule has 0 spiro atoms. The van der Waals surface area contributed by atoms with Crippen LogP contribution in [0.1, 0.15) is 11.1 Å². The Bertz CT molecular complexity index is 450. The first kappa shape index (κ1) is 11.4. The molecule has 0 nitrogen and oxygen atoms in total. The summed E-state index contributed by atoms with van der Waals surface area (Å²) in [5.41, 5.74) is 2.57. The second kappa shape index (κ2) is 4.86. The highest BCUT2D eigenvalue weighted by Crippen LogP contribution is 2.20. The van der Waals surface area contributed by atoms with Crippen LogP contribution in [0, 0.1) is 13.8 Å². The standard InChI is InChI=1S/C14H14PS/c1-11-3-7-13(8-4-11)15(16)14-9-5-12(2)6-10-14/h3-10H,1-2H3/q+1. The molecule has 0 radical (unpaired) electrons. The molecule has 0 aliphatic carbocycles. The zero-order valence-electron chi connectivity index (χ0n) is 9.47. The number of hydrogen-bond donors (Lipinski definition) is 0. The number of aryl methyl sites for hydroxylation is 2. The Hall–Kier alpha value is -1.04. The largest absolute Gasteiger partial charge is 0.250 e. The SMILES string of the molecule is Cc1ccc([P+](=S)c2ccc(C)cc2)cc1. The van der Waals surface area contributed by atoms with Gasteiger partial charge in [-0.05, 0) is 38.1 Å². The van der Waals surface area contributed by atoms with Gasteiger partial charge in [0.2, 0.25) is 6.70 Å². The maximum absolute atomic E-state index is 5.62. The fourth-order valence-electron chi connectivity index (χ4n) is 1.51. The Morgan fingerprint density at radius 1 is 0.688 bits per heavy atom. The second-order valence-corrected chi connectivity index (χ2v) is 6.68. The van der Waals surface area contributed by atoms with Gasteiger partial charge in [0.05, 0.1) is 0 Å². The van der Waals surface area contributed by atoms with Crippen molar-refractivity contribution in [1.29, 1.82) is 0 Å². The lowest BCUT2D eigenvalue weighted by Crippen LogP contribution is -2.05. The van der Waals surface area contributed by atoms with E-state index in [1.165, 1.54) is 21.7 Å². The van der Waals surface area contributed by atoms with Crippen molar-refractivity contribution in [2.45, 2.75) is 13.8 Å². The normalized spacial score (nSPS) is 10.1. The predicted octanol–water partition coefficient (Wildman–Crippen LogP) is 3.20. The molecular weight excluding hydrogens is 231 g/mol. The number of hydrogen-bond acceptors (Lipinski definition) is 1. The van der Waals surface area contributed by atoms with Gasteiger partial charge in [-0.25, -0.2) is 0 Å². The van der Waals surface area contributed by atoms with E-state index in [2.05, 4.69) is 62.4 Å². The Morgan fingerprint density at radius 3 is 1.31 bits per heavy atom. The highest BCUT2D eigenvalue weighted by Gasteiger charge is 2.16. The molecule has 0 aliphatic heterocycles. The fraction of sp³-hybridized carbons (Fsp3) is 0.143. The maximum atomic E-state index is 5.62. The van der Waals surface area contributed by atoms with Crippen molar-refractivity contribution in [2.24, 2.45) is 0 Å². The minimum atomic E-state index is -0.612. The summed E-state index contributed by atoms with van der Waals surface area (Å²) in [6.07, 6.45) is 0. The van der Waals surface area contributed by atoms with Crippen LogP contribution in [0.5, 0.6) is 0 Å². The lowest BCUT2D eigenvalue weighted by molar-refractivity contribution is 1.49. The topological polar surface area (TPSA) is 0 Å². The average Bonchev–Trinajstić information content (AvgIpc) is 2.30. The Morgan fingerprint density at radius 2 is 1.00 bits per heavy atom. The summed E-state index contributed by atoms with van der Waals surface area (Å²) < 4.78 is 0. The Kier molecular flexibility index (Phi) is 3.48. The van der Waals surface area contributed by atoms with Gasteiger partial charge in [0.1, 0.15) is 0 Å². The van der Waals surface area contributed by atoms with Gasteiger partial charge >= 0.3 is 0 Å². The molecule has 2 rings (SSSR count). The van der Waals surface area contributed by atoms with Crippen LogP contribution < -0.4 is 10.6 Å². The van der Waals surface area contributed by atoms with E-state index in [-0.39, 0.29) is 0 Å². The van der Waals surface area contributed by atoms with Gasteiger partial charge in [-0.2, -0.15) is 0 Å². The van der Waals surface area contributed by atoms with Gasteiger partial charge in [-0.15, -0.1) is 0 Å². The van der Waals surface area contributed by atoms with Crippen LogP contribution in [-0.2, 0) is 11.8 Å². The molecule has 0 saturated heterocycles. The third-order valence-corrected chi connectivity index (χ3v) is 5.34. The van der Waals surface area contributed by atoms with Crippen molar-refractivity contribution >= 4 is 29.1 Å². The maximum Gasteiger partial charge on any atom is 0.250 e. The molecule has 0 unspecified atom stereocenters. The first-order valence-corrected chi connectivity index (χ1v) is 7.63. The van der Waals surface area contributed by atoms with Gasteiger partial charge < -0.3 is 0 Å². The van der Waals surface area contributed by atoms with Gasteiger partial charge in [-0.1, -0.05) is 35.4 Å². The van der Waals surface area contributed by atoms with Gasteiger partial charge in [0.25, 0.3) is 0 Å². The molecule has 2 aromatic rings. The van der Waals surface area contributed by atoms with Crippen LogP contribution in [0.3, 0.4) is 0 Å². The van der Waals surface area contributed by atoms with E-state index in [0.717, 1.165) is 0 Å². The molecule has 2 heteroatoms. The van der Waals surface area contributed by atoms with Crippen molar-refractivity contribution in [2.75, 3.05) is 0 Å². The summed E-state index contributed by atoms with van der Waals surface area (Å²) in [7, 11) is 0. The lowest BCUT2D eigenvalue weighted by atomic mass is 10.2. The van der Waals surface area contributed by atoms with Crippen molar-refractivity contribution in [1.82, 2.24) is 0 Å². The number of benzene rings is 2. The molecule has 0 heterocycles. The third kappa shape index (κ3) is 2.55. The predicted molar refractivity (Wildman–Crippen MR) is 75.9 cm³/mol. The third-order valence-electron chi connectivity index (χ3n) is 2.54. The molecule has 0 fully saturated rings. The zero-order valence-corrected chi connectivity index (χ0v) is 11.2. The van der Waals surface area contributed by atoms with Crippen molar-refractivity contribution < 1.29 is 0 Å². The summed E-state index contributed by atoms with van der Waals surface area (Å²) in [6, 6.07) is 17.1. The monoisotopic (exact) mass is 245 g/mol. The second-order valence-electron chi connectivity index (χ2n) is 3.97. The molecule has 0 bridgehead atoms. The van der Waals surface area contributed by atoms with Gasteiger partial charge in [-0.3, -0.25) is 0 Å². The molecule has 0 N–H and O–H groups in total. The summed E-state index contributed by atoms with van der Waals surface area (Å²) >= 11 is 5.62. The molecule has 0 aromatic heterocycles. The zero-order chi connectivity index (χ0) is 11.5. The van der Waals surface area contributed by atoms with E-state index in [1.54, 1.807) is 0 Å². The molecular formula is C14H14PS+. The first-order chi connectivity index (χ1) is 7.66. The van der Waals surface area contributed by atoms with Gasteiger partial charge in [0.15, 0.2) is 22.4 Å². The average molecular weight is 245 g/mol. The summed E-state index contributed by atoms with van der Waals surface area (Å²) in [6.45, 7) is 3.58. The minimum Gasteiger partial charge on any atom is -0.0549 e. The summed E-state index contributed by atoms with van der Waals surface area (Å²) in [5, 5.41) is 2.53. The molecule has 0 atom stereocenters. The highest BCUT2D eigenvalue weighted by molar-refractivity contribution is 8.12. The van der Waals surface area contributed by atoms with E-state index < -0.39 is 6.70 Å². The van der Waals surface area contributed by atoms with E-state index >= 15 is 0 Å².